The van der Waals surface area contributed by atoms with Crippen LogP contribution >= 0.6 is 22.7 Å². The molecular formula is C10H11NS2. The summed E-state index contributed by atoms with van der Waals surface area (Å²) < 4.78 is 0. The molecule has 0 fully saturated rings. The normalized spacial score (nSPS) is 10.6. The Hall–Kier alpha value is -0.640. The van der Waals surface area contributed by atoms with Gasteiger partial charge in [-0.25, -0.2) is 0 Å². The Bertz CT molecular complexity index is 400. The average molecular weight is 209 g/mol. The van der Waals surface area contributed by atoms with Gasteiger partial charge in [0.05, 0.1) is 0 Å². The summed E-state index contributed by atoms with van der Waals surface area (Å²) in [5.41, 5.74) is 6.93. The molecule has 0 radical (unpaired) electrons. The highest BCUT2D eigenvalue weighted by atomic mass is 32.1. The molecule has 0 spiro atoms. The maximum absolute atomic E-state index is 5.57. The predicted octanol–water partition coefficient (Wildman–Crippen LogP) is 3.24. The van der Waals surface area contributed by atoms with E-state index in [4.69, 9.17) is 5.73 Å². The Balaban J connectivity index is 2.41. The van der Waals surface area contributed by atoms with Crippen LogP contribution in [-0.2, 0) is 6.54 Å². The monoisotopic (exact) mass is 209 g/mol. The van der Waals surface area contributed by atoms with E-state index in [1.165, 1.54) is 20.2 Å². The largest absolute Gasteiger partial charge is 0.326 e. The minimum Gasteiger partial charge on any atom is -0.326 e. The molecule has 1 nitrogen and oxygen atoms in total. The van der Waals surface area contributed by atoms with Crippen molar-refractivity contribution in [2.75, 3.05) is 0 Å². The van der Waals surface area contributed by atoms with Crippen LogP contribution < -0.4 is 5.73 Å². The zero-order valence-corrected chi connectivity index (χ0v) is 9.04. The SMILES string of the molecule is Cc1ccsc1-c1ccc(CN)s1. The second-order valence-corrected chi connectivity index (χ2v) is 4.99. The Morgan fingerprint density at radius 3 is 2.69 bits per heavy atom. The molecule has 2 heterocycles. The lowest BCUT2D eigenvalue weighted by atomic mass is 10.2. The second kappa shape index (κ2) is 3.62. The summed E-state index contributed by atoms with van der Waals surface area (Å²) in [6.07, 6.45) is 0. The number of rotatable bonds is 2. The molecule has 3 heteroatoms. The van der Waals surface area contributed by atoms with Gasteiger partial charge in [-0.1, -0.05) is 0 Å². The number of nitrogens with two attached hydrogens (primary N) is 1. The smallest absolute Gasteiger partial charge is 0.0471 e. The lowest BCUT2D eigenvalue weighted by molar-refractivity contribution is 1.11. The van der Waals surface area contributed by atoms with Gasteiger partial charge in [-0.3, -0.25) is 0 Å². The Morgan fingerprint density at radius 1 is 1.31 bits per heavy atom. The molecule has 2 N–H and O–H groups in total. The van der Waals surface area contributed by atoms with Crippen molar-refractivity contribution in [2.45, 2.75) is 13.5 Å². The first-order chi connectivity index (χ1) is 6.31. The summed E-state index contributed by atoms with van der Waals surface area (Å²) in [4.78, 5) is 3.97. The van der Waals surface area contributed by atoms with E-state index in [9.17, 15) is 0 Å². The number of hydrogen-bond donors (Lipinski definition) is 1. The molecule has 0 amide bonds. The summed E-state index contributed by atoms with van der Waals surface area (Å²) in [7, 11) is 0. The fraction of sp³-hybridized carbons (Fsp3) is 0.200. The van der Waals surface area contributed by atoms with Crippen molar-refractivity contribution in [1.82, 2.24) is 0 Å². The van der Waals surface area contributed by atoms with Crippen molar-refractivity contribution in [2.24, 2.45) is 5.73 Å². The van der Waals surface area contributed by atoms with Crippen LogP contribution in [-0.4, -0.2) is 0 Å². The van der Waals surface area contributed by atoms with Crippen LogP contribution in [0.15, 0.2) is 23.6 Å². The van der Waals surface area contributed by atoms with Crippen molar-refractivity contribution < 1.29 is 0 Å². The van der Waals surface area contributed by atoms with Gasteiger partial charge < -0.3 is 5.73 Å². The molecule has 13 heavy (non-hydrogen) atoms. The fourth-order valence-electron chi connectivity index (χ4n) is 1.23. The number of thiophene rings is 2. The maximum atomic E-state index is 5.57. The summed E-state index contributed by atoms with van der Waals surface area (Å²) in [6, 6.07) is 6.42. The quantitative estimate of drug-likeness (QED) is 0.807. The summed E-state index contributed by atoms with van der Waals surface area (Å²) in [5, 5.41) is 2.13. The highest BCUT2D eigenvalue weighted by Gasteiger charge is 2.05. The van der Waals surface area contributed by atoms with Gasteiger partial charge in [0.1, 0.15) is 0 Å². The van der Waals surface area contributed by atoms with Crippen LogP contribution in [0.25, 0.3) is 9.75 Å². The maximum Gasteiger partial charge on any atom is 0.0471 e. The third-order valence-electron chi connectivity index (χ3n) is 1.95. The molecular weight excluding hydrogens is 198 g/mol. The first kappa shape index (κ1) is 8.94. The molecule has 0 aliphatic heterocycles. The van der Waals surface area contributed by atoms with Crippen LogP contribution in [0.5, 0.6) is 0 Å². The summed E-state index contributed by atoms with van der Waals surface area (Å²) in [6.45, 7) is 2.79. The van der Waals surface area contributed by atoms with Gasteiger partial charge in [-0.15, -0.1) is 22.7 Å². The summed E-state index contributed by atoms with van der Waals surface area (Å²) in [5.74, 6) is 0. The van der Waals surface area contributed by atoms with E-state index in [-0.39, 0.29) is 0 Å². The van der Waals surface area contributed by atoms with E-state index in [0.29, 0.717) is 6.54 Å². The lowest BCUT2D eigenvalue weighted by Crippen LogP contribution is -1.90. The van der Waals surface area contributed by atoms with Gasteiger partial charge in [0, 0.05) is 21.2 Å². The van der Waals surface area contributed by atoms with Crippen molar-refractivity contribution in [1.29, 1.82) is 0 Å². The Morgan fingerprint density at radius 2 is 2.15 bits per heavy atom. The standard InChI is InChI=1S/C10H11NS2/c1-7-4-5-12-10(7)9-3-2-8(6-11)13-9/h2-5H,6,11H2,1H3. The van der Waals surface area contributed by atoms with E-state index < -0.39 is 0 Å². The molecule has 0 aromatic carbocycles. The molecule has 0 aliphatic rings. The van der Waals surface area contributed by atoms with Crippen molar-refractivity contribution in [3.8, 4) is 9.75 Å². The molecule has 0 saturated carbocycles. The molecule has 2 aromatic heterocycles. The molecule has 0 bridgehead atoms. The minimum absolute atomic E-state index is 0.648. The van der Waals surface area contributed by atoms with E-state index in [0.717, 1.165) is 0 Å². The predicted molar refractivity (Wildman–Crippen MR) is 60.3 cm³/mol. The second-order valence-electron chi connectivity index (χ2n) is 2.90. The van der Waals surface area contributed by atoms with Gasteiger partial charge in [0.2, 0.25) is 0 Å². The third kappa shape index (κ3) is 1.68. The Kier molecular flexibility index (Phi) is 2.49. The molecule has 68 valence electrons. The minimum atomic E-state index is 0.648. The highest BCUT2D eigenvalue weighted by Crippen LogP contribution is 2.34. The number of aryl methyl sites for hydroxylation is 1. The van der Waals surface area contributed by atoms with Crippen LogP contribution in [0.1, 0.15) is 10.4 Å². The van der Waals surface area contributed by atoms with Crippen molar-refractivity contribution >= 4 is 22.7 Å². The molecule has 0 saturated heterocycles. The zero-order valence-electron chi connectivity index (χ0n) is 7.41. The van der Waals surface area contributed by atoms with E-state index in [2.05, 4.69) is 30.5 Å². The van der Waals surface area contributed by atoms with E-state index in [1.54, 1.807) is 22.7 Å². The molecule has 0 atom stereocenters. The first-order valence-corrected chi connectivity index (χ1v) is 5.84. The van der Waals surface area contributed by atoms with E-state index in [1.807, 2.05) is 0 Å². The summed E-state index contributed by atoms with van der Waals surface area (Å²) >= 11 is 3.59. The van der Waals surface area contributed by atoms with Crippen molar-refractivity contribution in [3.63, 3.8) is 0 Å². The fourth-order valence-corrected chi connectivity index (χ4v) is 3.24. The van der Waals surface area contributed by atoms with Gasteiger partial charge in [-0.05, 0) is 36.1 Å². The van der Waals surface area contributed by atoms with Crippen LogP contribution in [0.2, 0.25) is 0 Å². The van der Waals surface area contributed by atoms with Gasteiger partial charge in [0.15, 0.2) is 0 Å². The lowest BCUT2D eigenvalue weighted by Gasteiger charge is -1.92. The van der Waals surface area contributed by atoms with Crippen molar-refractivity contribution in [3.05, 3.63) is 34.0 Å². The van der Waals surface area contributed by atoms with Crippen LogP contribution in [0.3, 0.4) is 0 Å². The highest BCUT2D eigenvalue weighted by molar-refractivity contribution is 7.21. The van der Waals surface area contributed by atoms with Gasteiger partial charge >= 0.3 is 0 Å². The van der Waals surface area contributed by atoms with Crippen LogP contribution in [0, 0.1) is 6.92 Å². The average Bonchev–Trinajstić information content (AvgIpc) is 2.71. The van der Waals surface area contributed by atoms with Crippen LogP contribution in [0.4, 0.5) is 0 Å². The molecule has 0 unspecified atom stereocenters. The topological polar surface area (TPSA) is 26.0 Å². The number of hydrogen-bond acceptors (Lipinski definition) is 3. The van der Waals surface area contributed by atoms with E-state index >= 15 is 0 Å². The third-order valence-corrected chi connectivity index (χ3v) is 4.25. The molecule has 2 aromatic rings. The Labute approximate surface area is 85.8 Å². The molecule has 0 aliphatic carbocycles. The molecule has 2 rings (SSSR count). The first-order valence-electron chi connectivity index (χ1n) is 4.14. The zero-order chi connectivity index (χ0) is 9.26. The van der Waals surface area contributed by atoms with Gasteiger partial charge in [-0.2, -0.15) is 0 Å². The van der Waals surface area contributed by atoms with Gasteiger partial charge in [0.25, 0.3) is 0 Å².